The molecule has 0 bridgehead atoms. The van der Waals surface area contributed by atoms with Gasteiger partial charge in [-0.1, -0.05) is 12.8 Å². The molecule has 0 saturated carbocycles. The zero-order valence-corrected chi connectivity index (χ0v) is 10.00. The Morgan fingerprint density at radius 2 is 2.44 bits per heavy atom. The summed E-state index contributed by atoms with van der Waals surface area (Å²) < 4.78 is 5.57. The van der Waals surface area contributed by atoms with Crippen molar-refractivity contribution in [2.24, 2.45) is 0 Å². The first-order valence-electron chi connectivity index (χ1n) is 6.13. The van der Waals surface area contributed by atoms with E-state index in [9.17, 15) is 4.79 Å². The lowest BCUT2D eigenvalue weighted by molar-refractivity contribution is -0.122. The van der Waals surface area contributed by atoms with Crippen molar-refractivity contribution in [3.05, 3.63) is 0 Å². The van der Waals surface area contributed by atoms with Gasteiger partial charge in [0.2, 0.25) is 5.91 Å². The Balaban J connectivity index is 2.16. The number of carbonyl (C=O) groups is 1. The second-order valence-corrected chi connectivity index (χ2v) is 4.22. The first kappa shape index (κ1) is 13.1. The largest absolute Gasteiger partial charge is 0.378 e. The molecule has 2 unspecified atom stereocenters. The minimum absolute atomic E-state index is 0.0407. The highest BCUT2D eigenvalue weighted by Gasteiger charge is 2.15. The summed E-state index contributed by atoms with van der Waals surface area (Å²) in [6.45, 7) is 2.81. The second-order valence-electron chi connectivity index (χ2n) is 4.22. The predicted molar refractivity (Wildman–Crippen MR) is 63.9 cm³/mol. The number of carbonyl (C=O) groups excluding carboxylic acids is 1. The zero-order chi connectivity index (χ0) is 11.8. The molecule has 0 aromatic rings. The van der Waals surface area contributed by atoms with E-state index in [1.54, 1.807) is 0 Å². The van der Waals surface area contributed by atoms with E-state index in [1.165, 1.54) is 6.42 Å². The zero-order valence-electron chi connectivity index (χ0n) is 10.00. The SMILES string of the molecule is C#CC(CC)NC(=O)CCC1CCCCO1. The fourth-order valence-electron chi connectivity index (χ4n) is 1.86. The Labute approximate surface area is 97.9 Å². The number of ether oxygens (including phenoxy) is 1. The van der Waals surface area contributed by atoms with E-state index < -0.39 is 0 Å². The van der Waals surface area contributed by atoms with Crippen molar-refractivity contribution in [2.75, 3.05) is 6.61 Å². The van der Waals surface area contributed by atoms with Crippen molar-refractivity contribution in [1.29, 1.82) is 0 Å². The van der Waals surface area contributed by atoms with Crippen LogP contribution in [0.2, 0.25) is 0 Å². The van der Waals surface area contributed by atoms with Crippen molar-refractivity contribution >= 4 is 5.91 Å². The van der Waals surface area contributed by atoms with Crippen molar-refractivity contribution in [3.8, 4) is 12.3 Å². The van der Waals surface area contributed by atoms with Gasteiger partial charge in [-0.05, 0) is 32.1 Å². The molecular weight excluding hydrogens is 202 g/mol. The standard InChI is InChI=1S/C13H21NO2/c1-3-11(4-2)14-13(15)9-8-12-7-5-6-10-16-12/h1,11-12H,4-10H2,2H3,(H,14,15). The third kappa shape index (κ3) is 4.67. The average molecular weight is 223 g/mol. The van der Waals surface area contributed by atoms with Crippen molar-refractivity contribution in [2.45, 2.75) is 57.6 Å². The minimum Gasteiger partial charge on any atom is -0.378 e. The first-order valence-corrected chi connectivity index (χ1v) is 6.13. The van der Waals surface area contributed by atoms with Crippen LogP contribution in [0.5, 0.6) is 0 Å². The van der Waals surface area contributed by atoms with E-state index >= 15 is 0 Å². The van der Waals surface area contributed by atoms with E-state index in [1.807, 2.05) is 6.92 Å². The third-order valence-corrected chi connectivity index (χ3v) is 2.91. The van der Waals surface area contributed by atoms with Crippen LogP contribution in [0.1, 0.15) is 45.4 Å². The summed E-state index contributed by atoms with van der Waals surface area (Å²) in [4.78, 5) is 11.6. The lowest BCUT2D eigenvalue weighted by atomic mass is 10.0. The van der Waals surface area contributed by atoms with Crippen LogP contribution in [0.3, 0.4) is 0 Å². The molecule has 1 heterocycles. The fourth-order valence-corrected chi connectivity index (χ4v) is 1.86. The molecule has 3 heteroatoms. The molecule has 0 radical (unpaired) electrons. The summed E-state index contributed by atoms with van der Waals surface area (Å²) in [7, 11) is 0. The lowest BCUT2D eigenvalue weighted by Gasteiger charge is -2.22. The molecule has 0 aliphatic carbocycles. The highest BCUT2D eigenvalue weighted by Crippen LogP contribution is 2.16. The van der Waals surface area contributed by atoms with E-state index in [-0.39, 0.29) is 18.1 Å². The van der Waals surface area contributed by atoms with Gasteiger partial charge in [0.1, 0.15) is 0 Å². The highest BCUT2D eigenvalue weighted by molar-refractivity contribution is 5.76. The average Bonchev–Trinajstić information content (AvgIpc) is 2.34. The lowest BCUT2D eigenvalue weighted by Crippen LogP contribution is -2.34. The van der Waals surface area contributed by atoms with Gasteiger partial charge >= 0.3 is 0 Å². The van der Waals surface area contributed by atoms with Crippen LogP contribution < -0.4 is 5.32 Å². The molecule has 1 N–H and O–H groups in total. The maximum Gasteiger partial charge on any atom is 0.221 e. The van der Waals surface area contributed by atoms with Gasteiger partial charge in [-0.25, -0.2) is 0 Å². The summed E-state index contributed by atoms with van der Waals surface area (Å²) >= 11 is 0. The van der Waals surface area contributed by atoms with Crippen LogP contribution in [0, 0.1) is 12.3 Å². The van der Waals surface area contributed by atoms with Crippen LogP contribution in [-0.2, 0) is 9.53 Å². The van der Waals surface area contributed by atoms with E-state index in [0.717, 1.165) is 32.3 Å². The van der Waals surface area contributed by atoms with Crippen LogP contribution >= 0.6 is 0 Å². The van der Waals surface area contributed by atoms with Gasteiger partial charge in [-0.3, -0.25) is 4.79 Å². The summed E-state index contributed by atoms with van der Waals surface area (Å²) in [6, 6.07) is -0.125. The molecule has 1 aliphatic heterocycles. The van der Waals surface area contributed by atoms with Gasteiger partial charge in [0.05, 0.1) is 12.1 Å². The number of hydrogen-bond donors (Lipinski definition) is 1. The van der Waals surface area contributed by atoms with Gasteiger partial charge in [0.25, 0.3) is 0 Å². The molecule has 90 valence electrons. The monoisotopic (exact) mass is 223 g/mol. The normalized spacial score (nSPS) is 22.1. The van der Waals surface area contributed by atoms with Crippen LogP contribution in [0.4, 0.5) is 0 Å². The molecule has 16 heavy (non-hydrogen) atoms. The van der Waals surface area contributed by atoms with Gasteiger partial charge < -0.3 is 10.1 Å². The minimum atomic E-state index is -0.125. The predicted octanol–water partition coefficient (Wildman–Crippen LogP) is 1.86. The molecule has 0 spiro atoms. The smallest absolute Gasteiger partial charge is 0.221 e. The number of amides is 1. The first-order chi connectivity index (χ1) is 7.76. The summed E-state index contributed by atoms with van der Waals surface area (Å²) in [5.74, 6) is 2.60. The molecule has 1 saturated heterocycles. The van der Waals surface area contributed by atoms with E-state index in [2.05, 4.69) is 11.2 Å². The number of hydrogen-bond acceptors (Lipinski definition) is 2. The van der Waals surface area contributed by atoms with Gasteiger partial charge in [-0.15, -0.1) is 6.42 Å². The summed E-state index contributed by atoms with van der Waals surface area (Å²) in [5.41, 5.74) is 0. The van der Waals surface area contributed by atoms with Gasteiger partial charge in [0, 0.05) is 13.0 Å². The van der Waals surface area contributed by atoms with Crippen LogP contribution in [0.15, 0.2) is 0 Å². The third-order valence-electron chi connectivity index (χ3n) is 2.91. The maximum atomic E-state index is 11.6. The molecule has 1 amide bonds. The quantitative estimate of drug-likeness (QED) is 0.722. The molecular formula is C13H21NO2. The van der Waals surface area contributed by atoms with Crippen molar-refractivity contribution < 1.29 is 9.53 Å². The molecule has 1 rings (SSSR count). The number of rotatable bonds is 5. The Morgan fingerprint density at radius 1 is 1.62 bits per heavy atom. The second kappa shape index (κ2) is 7.29. The molecule has 2 atom stereocenters. The van der Waals surface area contributed by atoms with Crippen LogP contribution in [-0.4, -0.2) is 24.7 Å². The maximum absolute atomic E-state index is 11.6. The Kier molecular flexibility index (Phi) is 5.95. The van der Waals surface area contributed by atoms with E-state index in [4.69, 9.17) is 11.2 Å². The topological polar surface area (TPSA) is 38.3 Å². The van der Waals surface area contributed by atoms with Gasteiger partial charge in [0.15, 0.2) is 0 Å². The molecule has 1 fully saturated rings. The Morgan fingerprint density at radius 3 is 3.00 bits per heavy atom. The molecule has 1 aliphatic rings. The molecule has 0 aromatic heterocycles. The fraction of sp³-hybridized carbons (Fsp3) is 0.769. The Hall–Kier alpha value is -1.01. The number of nitrogens with one attached hydrogen (secondary N) is 1. The van der Waals surface area contributed by atoms with Gasteiger partial charge in [-0.2, -0.15) is 0 Å². The Bertz CT molecular complexity index is 251. The summed E-state index contributed by atoms with van der Waals surface area (Å²) in [5, 5.41) is 2.83. The van der Waals surface area contributed by atoms with Crippen molar-refractivity contribution in [3.63, 3.8) is 0 Å². The van der Waals surface area contributed by atoms with Crippen LogP contribution in [0.25, 0.3) is 0 Å². The highest BCUT2D eigenvalue weighted by atomic mass is 16.5. The molecule has 0 aromatic carbocycles. The number of terminal acetylenes is 1. The van der Waals surface area contributed by atoms with E-state index in [0.29, 0.717) is 6.42 Å². The molecule has 3 nitrogen and oxygen atoms in total. The summed E-state index contributed by atoms with van der Waals surface area (Å²) in [6.07, 6.45) is 11.1. The van der Waals surface area contributed by atoms with Crippen molar-refractivity contribution in [1.82, 2.24) is 5.32 Å².